The predicted octanol–water partition coefficient (Wildman–Crippen LogP) is 1.69. The Morgan fingerprint density at radius 2 is 2.00 bits per heavy atom. The molecule has 0 spiro atoms. The summed E-state index contributed by atoms with van der Waals surface area (Å²) < 4.78 is 35.0. The zero-order valence-electron chi connectivity index (χ0n) is 10.5. The summed E-state index contributed by atoms with van der Waals surface area (Å²) in [6.45, 7) is -0.283. The van der Waals surface area contributed by atoms with E-state index in [1.54, 1.807) is 24.3 Å². The van der Waals surface area contributed by atoms with Gasteiger partial charge in [-0.25, -0.2) is 4.98 Å². The third kappa shape index (κ3) is 2.56. The monoisotopic (exact) mass is 329 g/mol. The average Bonchev–Trinajstić information content (AvgIpc) is 2.79. The van der Waals surface area contributed by atoms with Crippen molar-refractivity contribution < 1.29 is 17.1 Å². The Bertz CT molecular complexity index is 843. The van der Waals surface area contributed by atoms with E-state index < -0.39 is 27.8 Å². The molecule has 2 heterocycles. The summed E-state index contributed by atoms with van der Waals surface area (Å²) in [7, 11) is -4.78. The van der Waals surface area contributed by atoms with Crippen molar-refractivity contribution in [3.63, 3.8) is 0 Å². The zero-order chi connectivity index (χ0) is 15.2. The number of aromatic nitrogens is 2. The Morgan fingerprint density at radius 1 is 1.29 bits per heavy atom. The normalized spacial score (nSPS) is 19.4. The fourth-order valence-corrected chi connectivity index (χ4v) is 3.15. The van der Waals surface area contributed by atoms with Gasteiger partial charge in [0.05, 0.1) is 5.52 Å². The van der Waals surface area contributed by atoms with Crippen LogP contribution in [0.2, 0.25) is 5.28 Å². The summed E-state index contributed by atoms with van der Waals surface area (Å²) in [5, 5.41) is -0.896. The molecule has 9 heteroatoms. The Kier molecular flexibility index (Phi) is 3.29. The van der Waals surface area contributed by atoms with Gasteiger partial charge in [0, 0.05) is 18.4 Å². The number of benzene rings is 1. The van der Waals surface area contributed by atoms with Crippen molar-refractivity contribution in [1.29, 1.82) is 0 Å². The second kappa shape index (κ2) is 4.88. The highest BCUT2D eigenvalue weighted by Gasteiger charge is 2.40. The summed E-state index contributed by atoms with van der Waals surface area (Å²) in [6, 6.07) is 6.85. The molecule has 2 aromatic rings. The van der Waals surface area contributed by atoms with Gasteiger partial charge in [0.2, 0.25) is 11.2 Å². The Labute approximate surface area is 124 Å². The van der Waals surface area contributed by atoms with Gasteiger partial charge in [0.1, 0.15) is 11.1 Å². The van der Waals surface area contributed by atoms with E-state index in [0.717, 1.165) is 4.90 Å². The topological polar surface area (TPSA) is 80.2 Å². The quantitative estimate of drug-likeness (QED) is 0.618. The molecule has 0 bridgehead atoms. The maximum absolute atomic E-state index is 13.1. The van der Waals surface area contributed by atoms with Gasteiger partial charge in [0.15, 0.2) is 0 Å². The van der Waals surface area contributed by atoms with Crippen LogP contribution in [0.5, 0.6) is 0 Å². The molecule has 0 aliphatic carbocycles. The van der Waals surface area contributed by atoms with Crippen LogP contribution < -0.4 is 4.90 Å². The Balaban J connectivity index is 2.11. The minimum Gasteiger partial charge on any atom is -0.295 e. The average molecular weight is 330 g/mol. The maximum atomic E-state index is 13.1. The molecule has 3 rings (SSSR count). The Morgan fingerprint density at radius 3 is 2.67 bits per heavy atom. The molecule has 0 N–H and O–H groups in total. The lowest BCUT2D eigenvalue weighted by molar-refractivity contribution is -0.117. The van der Waals surface area contributed by atoms with Crippen LogP contribution in [0.15, 0.2) is 24.3 Å². The number of hydrogen-bond donors (Lipinski definition) is 0. The van der Waals surface area contributed by atoms with Crippen molar-refractivity contribution >= 4 is 44.5 Å². The molecule has 21 heavy (non-hydrogen) atoms. The molecule has 1 aliphatic heterocycles. The molecule has 1 saturated heterocycles. The second-order valence-electron chi connectivity index (χ2n) is 4.64. The molecule has 6 nitrogen and oxygen atoms in total. The van der Waals surface area contributed by atoms with Crippen molar-refractivity contribution in [2.75, 3.05) is 11.4 Å². The van der Waals surface area contributed by atoms with Gasteiger partial charge in [-0.05, 0) is 23.7 Å². The summed E-state index contributed by atoms with van der Waals surface area (Å²) in [4.78, 5) is 21.1. The summed E-state index contributed by atoms with van der Waals surface area (Å²) in [5.41, 5.74) is 0.520. The van der Waals surface area contributed by atoms with Gasteiger partial charge in [-0.15, -0.1) is 3.89 Å². The van der Waals surface area contributed by atoms with Gasteiger partial charge < -0.3 is 0 Å². The first-order valence-corrected chi connectivity index (χ1v) is 7.85. The van der Waals surface area contributed by atoms with Gasteiger partial charge in [-0.1, -0.05) is 12.1 Å². The molecule has 1 fully saturated rings. The fraction of sp³-hybridized carbons (Fsp3) is 0.250. The lowest BCUT2D eigenvalue weighted by Crippen LogP contribution is -2.28. The Hall–Kier alpha value is -1.80. The molecule has 0 saturated carbocycles. The largest absolute Gasteiger partial charge is 0.307 e. The molecule has 1 unspecified atom stereocenters. The second-order valence-corrected chi connectivity index (χ2v) is 6.60. The highest BCUT2D eigenvalue weighted by Crippen LogP contribution is 2.30. The summed E-state index contributed by atoms with van der Waals surface area (Å²) >= 11 is 5.82. The summed E-state index contributed by atoms with van der Waals surface area (Å²) in [6.07, 6.45) is -0.408. The third-order valence-electron chi connectivity index (χ3n) is 3.30. The summed E-state index contributed by atoms with van der Waals surface area (Å²) in [5.74, 6) is -0.317. The lowest BCUT2D eigenvalue weighted by atomic mass is 10.2. The van der Waals surface area contributed by atoms with Crippen molar-refractivity contribution in [2.24, 2.45) is 0 Å². The fourth-order valence-electron chi connectivity index (χ4n) is 2.31. The number of hydrogen-bond acceptors (Lipinski definition) is 5. The first-order valence-electron chi connectivity index (χ1n) is 6.02. The molecule has 1 aromatic carbocycles. The van der Waals surface area contributed by atoms with E-state index >= 15 is 0 Å². The molecule has 1 atom stereocenters. The van der Waals surface area contributed by atoms with Crippen LogP contribution in [0.25, 0.3) is 10.9 Å². The molecule has 1 aromatic heterocycles. The van der Waals surface area contributed by atoms with E-state index in [2.05, 4.69) is 9.97 Å². The van der Waals surface area contributed by atoms with E-state index in [1.165, 1.54) is 0 Å². The first-order chi connectivity index (χ1) is 9.86. The SMILES string of the molecule is O=C1CC(S(=O)(=O)F)CN1c1nc(Cl)nc2ccccc12. The number of fused-ring (bicyclic) bond motifs is 1. The molecule has 1 amide bonds. The number of carbonyl (C=O) groups is 1. The maximum Gasteiger partial charge on any atom is 0.307 e. The van der Waals surface area contributed by atoms with E-state index in [1.807, 2.05) is 0 Å². The van der Waals surface area contributed by atoms with Crippen LogP contribution in [0, 0.1) is 0 Å². The smallest absolute Gasteiger partial charge is 0.295 e. The van der Waals surface area contributed by atoms with E-state index in [9.17, 15) is 17.1 Å². The van der Waals surface area contributed by atoms with Crippen molar-refractivity contribution in [2.45, 2.75) is 11.7 Å². The van der Waals surface area contributed by atoms with Gasteiger partial charge in [-0.3, -0.25) is 9.69 Å². The predicted molar refractivity (Wildman–Crippen MR) is 75.3 cm³/mol. The van der Waals surface area contributed by atoms with Crippen LogP contribution in [-0.4, -0.2) is 36.1 Å². The number of halogens is 2. The van der Waals surface area contributed by atoms with Crippen LogP contribution in [0.3, 0.4) is 0 Å². The standard InChI is InChI=1S/C12H9ClFN3O3S/c13-12-15-9-4-2-1-3-8(9)11(16-12)17-6-7(5-10(17)18)21(14,19)20/h1-4,7H,5-6H2. The van der Waals surface area contributed by atoms with Gasteiger partial charge in [0.25, 0.3) is 0 Å². The molecule has 1 aliphatic rings. The number of nitrogens with zero attached hydrogens (tertiary/aromatic N) is 3. The molecular weight excluding hydrogens is 321 g/mol. The molecule has 0 radical (unpaired) electrons. The van der Waals surface area contributed by atoms with Crippen LogP contribution in [0.1, 0.15) is 6.42 Å². The zero-order valence-corrected chi connectivity index (χ0v) is 12.1. The number of amides is 1. The number of anilines is 1. The minimum atomic E-state index is -4.78. The minimum absolute atomic E-state index is 0.0666. The van der Waals surface area contributed by atoms with Crippen LogP contribution in [-0.2, 0) is 15.0 Å². The van der Waals surface area contributed by atoms with Gasteiger partial charge in [-0.2, -0.15) is 13.4 Å². The van der Waals surface area contributed by atoms with Crippen molar-refractivity contribution in [3.05, 3.63) is 29.5 Å². The van der Waals surface area contributed by atoms with Gasteiger partial charge >= 0.3 is 10.2 Å². The molecule has 110 valence electrons. The number of rotatable bonds is 2. The molecular formula is C12H9ClFN3O3S. The van der Waals surface area contributed by atoms with Crippen LogP contribution >= 0.6 is 11.6 Å². The highest BCUT2D eigenvalue weighted by atomic mass is 35.5. The lowest BCUT2D eigenvalue weighted by Gasteiger charge is -2.17. The van der Waals surface area contributed by atoms with E-state index in [-0.39, 0.29) is 17.6 Å². The number of carbonyl (C=O) groups excluding carboxylic acids is 1. The third-order valence-corrected chi connectivity index (χ3v) is 4.58. The first kappa shape index (κ1) is 14.2. The van der Waals surface area contributed by atoms with Crippen molar-refractivity contribution in [1.82, 2.24) is 9.97 Å². The van der Waals surface area contributed by atoms with Crippen LogP contribution in [0.4, 0.5) is 9.70 Å². The number of para-hydroxylation sites is 1. The van der Waals surface area contributed by atoms with E-state index in [4.69, 9.17) is 11.6 Å². The highest BCUT2D eigenvalue weighted by molar-refractivity contribution is 7.87. The van der Waals surface area contributed by atoms with E-state index in [0.29, 0.717) is 10.9 Å². The van der Waals surface area contributed by atoms with Crippen molar-refractivity contribution in [3.8, 4) is 0 Å².